The van der Waals surface area contributed by atoms with Gasteiger partial charge in [-0.25, -0.2) is 13.5 Å². The van der Waals surface area contributed by atoms with Crippen molar-refractivity contribution in [2.24, 2.45) is 0 Å². The van der Waals surface area contributed by atoms with Gasteiger partial charge in [-0.05, 0) is 38.0 Å². The Labute approximate surface area is 148 Å². The van der Waals surface area contributed by atoms with Gasteiger partial charge in [-0.1, -0.05) is 18.2 Å². The molecule has 0 radical (unpaired) electrons. The van der Waals surface area contributed by atoms with Crippen LogP contribution in [-0.2, 0) is 13.0 Å². The van der Waals surface area contributed by atoms with E-state index in [0.29, 0.717) is 11.3 Å². The van der Waals surface area contributed by atoms with Gasteiger partial charge in [-0.15, -0.1) is 0 Å². The molecule has 2 aromatic carbocycles. The van der Waals surface area contributed by atoms with Crippen molar-refractivity contribution in [3.63, 3.8) is 0 Å². The zero-order valence-corrected chi connectivity index (χ0v) is 14.2. The third-order valence-electron chi connectivity index (χ3n) is 5.08. The first-order valence-corrected chi connectivity index (χ1v) is 8.63. The summed E-state index contributed by atoms with van der Waals surface area (Å²) >= 11 is 0. The molecule has 0 saturated heterocycles. The fourth-order valence-electron chi connectivity index (χ4n) is 3.71. The highest BCUT2D eigenvalue weighted by Crippen LogP contribution is 2.36. The lowest BCUT2D eigenvalue weighted by Crippen LogP contribution is -2.02. The molecule has 0 bridgehead atoms. The smallest absolute Gasteiger partial charge is 0.138 e. The molecule has 5 rings (SSSR count). The molecule has 6 heteroatoms. The second-order valence-electron chi connectivity index (χ2n) is 6.62. The van der Waals surface area contributed by atoms with Crippen LogP contribution in [0.4, 0.5) is 8.78 Å². The molecule has 0 N–H and O–H groups in total. The molecule has 26 heavy (non-hydrogen) atoms. The molecule has 0 aliphatic carbocycles. The number of para-hydroxylation sites is 1. The van der Waals surface area contributed by atoms with Crippen LogP contribution in [0.2, 0.25) is 0 Å². The Bertz CT molecular complexity index is 1160. The van der Waals surface area contributed by atoms with E-state index in [2.05, 4.69) is 10.2 Å². The Balaban J connectivity index is 1.83. The van der Waals surface area contributed by atoms with Crippen molar-refractivity contribution in [3.8, 4) is 16.9 Å². The summed E-state index contributed by atoms with van der Waals surface area (Å²) in [6.45, 7) is 2.24. The highest BCUT2D eigenvalue weighted by Gasteiger charge is 2.27. The van der Waals surface area contributed by atoms with E-state index in [0.717, 1.165) is 41.7 Å². The second kappa shape index (κ2) is 5.49. The van der Waals surface area contributed by atoms with Gasteiger partial charge in [-0.3, -0.25) is 4.68 Å². The summed E-state index contributed by atoms with van der Waals surface area (Å²) in [7, 11) is 0. The Morgan fingerprint density at radius 1 is 1.08 bits per heavy atom. The predicted octanol–water partition coefficient (Wildman–Crippen LogP) is 4.42. The molecule has 3 heterocycles. The lowest BCUT2D eigenvalue weighted by Gasteiger charge is -2.09. The number of aryl methyl sites for hydroxylation is 1. The highest BCUT2D eigenvalue weighted by molar-refractivity contribution is 5.83. The maximum Gasteiger partial charge on any atom is 0.138 e. The Hall–Kier alpha value is -3.02. The van der Waals surface area contributed by atoms with Crippen molar-refractivity contribution in [1.29, 1.82) is 0 Å². The lowest BCUT2D eigenvalue weighted by molar-refractivity contribution is 0.569. The van der Waals surface area contributed by atoms with E-state index >= 15 is 0 Å². The zero-order valence-electron chi connectivity index (χ0n) is 14.2. The fourth-order valence-corrected chi connectivity index (χ4v) is 3.71. The van der Waals surface area contributed by atoms with E-state index < -0.39 is 11.6 Å². The summed E-state index contributed by atoms with van der Waals surface area (Å²) in [6, 6.07) is 10.6. The van der Waals surface area contributed by atoms with Crippen LogP contribution in [0.1, 0.15) is 17.7 Å². The summed E-state index contributed by atoms with van der Waals surface area (Å²) in [4.78, 5) is 0. The summed E-state index contributed by atoms with van der Waals surface area (Å²) in [6.07, 6.45) is 3.66. The van der Waals surface area contributed by atoms with Gasteiger partial charge in [0.15, 0.2) is 0 Å². The first-order chi connectivity index (χ1) is 12.6. The van der Waals surface area contributed by atoms with Gasteiger partial charge in [0.25, 0.3) is 0 Å². The summed E-state index contributed by atoms with van der Waals surface area (Å²) in [5.41, 5.74) is 3.58. The average Bonchev–Trinajstić information content (AvgIpc) is 3.34. The van der Waals surface area contributed by atoms with Crippen molar-refractivity contribution in [2.75, 3.05) is 0 Å². The van der Waals surface area contributed by atoms with Crippen LogP contribution >= 0.6 is 0 Å². The fraction of sp³-hybridized carbons (Fsp3) is 0.200. The molecular weight excluding hydrogens is 334 g/mol. The molecule has 1 aliphatic heterocycles. The molecule has 0 amide bonds. The maximum atomic E-state index is 14.8. The normalized spacial score (nSPS) is 13.5. The van der Waals surface area contributed by atoms with Crippen LogP contribution in [-0.4, -0.2) is 19.6 Å². The van der Waals surface area contributed by atoms with Gasteiger partial charge in [0, 0.05) is 23.1 Å². The Morgan fingerprint density at radius 3 is 2.81 bits per heavy atom. The largest absolute Gasteiger partial charge is 0.267 e. The summed E-state index contributed by atoms with van der Waals surface area (Å²) < 4.78 is 32.3. The van der Waals surface area contributed by atoms with Crippen LogP contribution in [0.15, 0.2) is 42.6 Å². The lowest BCUT2D eigenvalue weighted by atomic mass is 10.0. The van der Waals surface area contributed by atoms with Gasteiger partial charge in [0.1, 0.15) is 23.0 Å². The molecule has 0 atom stereocenters. The topological polar surface area (TPSA) is 35.6 Å². The standard InChI is InChI=1S/C20H16F2N4/c1-12-15(21)9-8-14(18(12)22)19-20(17-7-4-10-25(17)24-19)26-16-6-3-2-5-13(16)11-23-26/h2-3,5-6,8-9,11H,4,7,10H2,1H3. The third-order valence-corrected chi connectivity index (χ3v) is 5.08. The van der Waals surface area contributed by atoms with Crippen LogP contribution < -0.4 is 0 Å². The van der Waals surface area contributed by atoms with Gasteiger partial charge in [-0.2, -0.15) is 10.2 Å². The van der Waals surface area contributed by atoms with Gasteiger partial charge >= 0.3 is 0 Å². The van der Waals surface area contributed by atoms with Crippen molar-refractivity contribution in [1.82, 2.24) is 19.6 Å². The van der Waals surface area contributed by atoms with E-state index in [1.165, 1.54) is 19.1 Å². The number of hydrogen-bond donors (Lipinski definition) is 0. The molecule has 0 saturated carbocycles. The average molecular weight is 350 g/mol. The minimum Gasteiger partial charge on any atom is -0.267 e. The minimum absolute atomic E-state index is 0.00642. The van der Waals surface area contributed by atoms with E-state index in [1.807, 2.05) is 33.6 Å². The first kappa shape index (κ1) is 15.3. The number of halogens is 2. The number of benzene rings is 2. The van der Waals surface area contributed by atoms with E-state index in [4.69, 9.17) is 0 Å². The zero-order chi connectivity index (χ0) is 17.8. The highest BCUT2D eigenvalue weighted by atomic mass is 19.1. The van der Waals surface area contributed by atoms with E-state index in [9.17, 15) is 8.78 Å². The molecule has 0 unspecified atom stereocenters. The Kier molecular flexibility index (Phi) is 3.22. The quantitative estimate of drug-likeness (QED) is 0.536. The minimum atomic E-state index is -0.570. The molecule has 4 nitrogen and oxygen atoms in total. The number of hydrogen-bond acceptors (Lipinski definition) is 2. The molecule has 1 aliphatic rings. The SMILES string of the molecule is Cc1c(F)ccc(-c2nn3c(c2-n2ncc4ccccc42)CCC3)c1F. The molecule has 4 aromatic rings. The molecule has 0 fully saturated rings. The van der Waals surface area contributed by atoms with Crippen molar-refractivity contribution >= 4 is 10.9 Å². The van der Waals surface area contributed by atoms with E-state index in [-0.39, 0.29) is 5.56 Å². The number of rotatable bonds is 2. The maximum absolute atomic E-state index is 14.8. The van der Waals surface area contributed by atoms with Gasteiger partial charge in [0.05, 0.1) is 17.4 Å². The molecule has 130 valence electrons. The van der Waals surface area contributed by atoms with Crippen LogP contribution in [0, 0.1) is 18.6 Å². The van der Waals surface area contributed by atoms with Crippen LogP contribution in [0.3, 0.4) is 0 Å². The number of nitrogens with zero attached hydrogens (tertiary/aromatic N) is 4. The number of fused-ring (bicyclic) bond motifs is 2. The Morgan fingerprint density at radius 2 is 1.92 bits per heavy atom. The predicted molar refractivity (Wildman–Crippen MR) is 95.3 cm³/mol. The first-order valence-electron chi connectivity index (χ1n) is 8.63. The third kappa shape index (κ3) is 2.05. The van der Waals surface area contributed by atoms with E-state index in [1.54, 1.807) is 6.20 Å². The monoisotopic (exact) mass is 350 g/mol. The summed E-state index contributed by atoms with van der Waals surface area (Å²) in [5.74, 6) is -1.12. The van der Waals surface area contributed by atoms with Crippen molar-refractivity contribution in [3.05, 3.63) is 65.5 Å². The second-order valence-corrected chi connectivity index (χ2v) is 6.62. The molecule has 2 aromatic heterocycles. The van der Waals surface area contributed by atoms with Crippen LogP contribution in [0.5, 0.6) is 0 Å². The van der Waals surface area contributed by atoms with Crippen LogP contribution in [0.25, 0.3) is 27.8 Å². The summed E-state index contributed by atoms with van der Waals surface area (Å²) in [5, 5.41) is 10.2. The van der Waals surface area contributed by atoms with Crippen molar-refractivity contribution < 1.29 is 8.78 Å². The van der Waals surface area contributed by atoms with Crippen molar-refractivity contribution in [2.45, 2.75) is 26.3 Å². The number of aromatic nitrogens is 4. The van der Waals surface area contributed by atoms with Gasteiger partial charge in [0.2, 0.25) is 0 Å². The van der Waals surface area contributed by atoms with Gasteiger partial charge < -0.3 is 0 Å². The molecular formula is C20H16F2N4. The molecule has 0 spiro atoms.